The molecule has 178 valence electrons. The number of guanidine groups is 1. The van der Waals surface area contributed by atoms with Crippen LogP contribution in [0.1, 0.15) is 36.1 Å². The van der Waals surface area contributed by atoms with Crippen molar-refractivity contribution in [3.8, 4) is 11.6 Å². The van der Waals surface area contributed by atoms with E-state index in [1.54, 1.807) is 30.2 Å². The second kappa shape index (κ2) is 12.0. The number of benzene rings is 1. The molecule has 1 aromatic carbocycles. The van der Waals surface area contributed by atoms with Gasteiger partial charge in [-0.1, -0.05) is 6.07 Å². The van der Waals surface area contributed by atoms with Crippen LogP contribution < -0.4 is 15.4 Å². The Hall–Kier alpha value is -2.66. The predicted molar refractivity (Wildman–Crippen MR) is 141 cm³/mol. The molecule has 3 aromatic rings. The fraction of sp³-hybridized carbons (Fsp3) is 0.375. The third kappa shape index (κ3) is 7.71. The number of ether oxygens (including phenoxy) is 1. The van der Waals surface area contributed by atoms with E-state index in [0.29, 0.717) is 31.5 Å². The van der Waals surface area contributed by atoms with Crippen LogP contribution in [0.2, 0.25) is 0 Å². The molecule has 1 atom stereocenters. The number of halogens is 1. The third-order valence-corrected chi connectivity index (χ3v) is 5.19. The largest absolute Gasteiger partial charge is 0.439 e. The smallest absolute Gasteiger partial charge is 0.219 e. The Morgan fingerprint density at radius 1 is 1.18 bits per heavy atom. The van der Waals surface area contributed by atoms with Crippen molar-refractivity contribution in [2.24, 2.45) is 12.0 Å². The molecular weight excluding hydrogens is 531 g/mol. The van der Waals surface area contributed by atoms with Crippen molar-refractivity contribution in [2.75, 3.05) is 13.1 Å². The maximum atomic E-state index is 10.8. The Balaban J connectivity index is 0.00000385. The molecule has 8 nitrogen and oxygen atoms in total. The van der Waals surface area contributed by atoms with Gasteiger partial charge in [0.15, 0.2) is 5.96 Å². The van der Waals surface area contributed by atoms with Gasteiger partial charge in [0.1, 0.15) is 11.4 Å². The second-order valence-electron chi connectivity index (χ2n) is 8.08. The normalized spacial score (nSPS) is 13.1. The van der Waals surface area contributed by atoms with Crippen LogP contribution in [-0.4, -0.2) is 38.9 Å². The van der Waals surface area contributed by atoms with Crippen LogP contribution in [0, 0.1) is 13.8 Å². The summed E-state index contributed by atoms with van der Waals surface area (Å²) < 4.78 is 7.59. The molecule has 0 amide bonds. The van der Waals surface area contributed by atoms with E-state index in [1.807, 2.05) is 44.3 Å². The summed E-state index contributed by atoms with van der Waals surface area (Å²) in [5, 5.41) is 21.3. The van der Waals surface area contributed by atoms with Gasteiger partial charge in [0.05, 0.1) is 19.3 Å². The Kier molecular flexibility index (Phi) is 9.66. The summed E-state index contributed by atoms with van der Waals surface area (Å²) in [5.41, 5.74) is 3.03. The van der Waals surface area contributed by atoms with E-state index >= 15 is 0 Å². The first kappa shape index (κ1) is 26.6. The fourth-order valence-corrected chi connectivity index (χ4v) is 3.07. The van der Waals surface area contributed by atoms with Crippen molar-refractivity contribution in [3.63, 3.8) is 0 Å². The van der Waals surface area contributed by atoms with Crippen LogP contribution in [-0.2, 0) is 19.2 Å². The maximum absolute atomic E-state index is 10.8. The van der Waals surface area contributed by atoms with Crippen molar-refractivity contribution in [1.29, 1.82) is 0 Å². The van der Waals surface area contributed by atoms with Gasteiger partial charge < -0.3 is 20.5 Å². The van der Waals surface area contributed by atoms with Crippen LogP contribution in [0.15, 0.2) is 53.9 Å². The summed E-state index contributed by atoms with van der Waals surface area (Å²) in [5.74, 6) is 1.90. The van der Waals surface area contributed by atoms with Crippen LogP contribution in [0.5, 0.6) is 11.6 Å². The summed E-state index contributed by atoms with van der Waals surface area (Å²) in [6, 6.07) is 9.77. The van der Waals surface area contributed by atoms with Gasteiger partial charge in [-0.05, 0) is 62.6 Å². The molecular formula is C24H33IN6O2. The number of hydrogen-bond donors (Lipinski definition) is 3. The molecule has 0 radical (unpaired) electrons. The van der Waals surface area contributed by atoms with E-state index in [9.17, 15) is 5.11 Å². The quantitative estimate of drug-likeness (QED) is 0.219. The summed E-state index contributed by atoms with van der Waals surface area (Å²) >= 11 is 0. The number of hydrogen-bond acceptors (Lipinski definition) is 5. The van der Waals surface area contributed by atoms with Gasteiger partial charge in [0, 0.05) is 37.6 Å². The topological polar surface area (TPSA) is 96.6 Å². The van der Waals surface area contributed by atoms with E-state index in [2.05, 4.69) is 39.6 Å². The van der Waals surface area contributed by atoms with Crippen LogP contribution >= 0.6 is 24.0 Å². The van der Waals surface area contributed by atoms with Crippen molar-refractivity contribution < 1.29 is 9.84 Å². The zero-order valence-electron chi connectivity index (χ0n) is 19.8. The zero-order chi connectivity index (χ0) is 23.1. The number of nitrogens with one attached hydrogen (secondary N) is 2. The summed E-state index contributed by atoms with van der Waals surface area (Å²) in [6.07, 6.45) is 5.19. The molecule has 0 saturated carbocycles. The molecule has 0 saturated heterocycles. The molecule has 1 unspecified atom stereocenters. The lowest BCUT2D eigenvalue weighted by Crippen LogP contribution is -2.44. The van der Waals surface area contributed by atoms with Gasteiger partial charge >= 0.3 is 0 Å². The molecule has 0 aliphatic heterocycles. The molecule has 3 N–H and O–H groups in total. The Morgan fingerprint density at radius 2 is 1.97 bits per heavy atom. The Bertz CT molecular complexity index is 1080. The Morgan fingerprint density at radius 3 is 2.64 bits per heavy atom. The van der Waals surface area contributed by atoms with E-state index < -0.39 is 5.60 Å². The number of aliphatic hydroxyl groups is 1. The summed E-state index contributed by atoms with van der Waals surface area (Å²) in [4.78, 5) is 8.95. The number of aliphatic imine (C=N–C) groups is 1. The van der Waals surface area contributed by atoms with Gasteiger partial charge in [-0.15, -0.1) is 24.0 Å². The van der Waals surface area contributed by atoms with Crippen molar-refractivity contribution >= 4 is 29.9 Å². The van der Waals surface area contributed by atoms with E-state index in [4.69, 9.17) is 4.74 Å². The number of nitrogens with zero attached hydrogens (tertiary/aromatic N) is 4. The minimum absolute atomic E-state index is 0. The van der Waals surface area contributed by atoms with Crippen molar-refractivity contribution in [3.05, 3.63) is 71.2 Å². The maximum Gasteiger partial charge on any atom is 0.219 e. The van der Waals surface area contributed by atoms with Gasteiger partial charge in [0.25, 0.3) is 0 Å². The number of aryl methyl sites for hydroxylation is 3. The van der Waals surface area contributed by atoms with Crippen LogP contribution in [0.25, 0.3) is 0 Å². The van der Waals surface area contributed by atoms with Crippen LogP contribution in [0.3, 0.4) is 0 Å². The first-order chi connectivity index (χ1) is 15.3. The van der Waals surface area contributed by atoms with Gasteiger partial charge in [-0.2, -0.15) is 5.10 Å². The Labute approximate surface area is 212 Å². The lowest BCUT2D eigenvalue weighted by atomic mass is 10.00. The van der Waals surface area contributed by atoms with Crippen molar-refractivity contribution in [1.82, 2.24) is 25.4 Å². The third-order valence-electron chi connectivity index (χ3n) is 5.19. The molecule has 0 fully saturated rings. The molecule has 0 aliphatic rings. The first-order valence-electron chi connectivity index (χ1n) is 10.7. The lowest BCUT2D eigenvalue weighted by Gasteiger charge is -2.23. The molecule has 33 heavy (non-hydrogen) atoms. The van der Waals surface area contributed by atoms with Crippen molar-refractivity contribution in [2.45, 2.75) is 39.8 Å². The average Bonchev–Trinajstić information content (AvgIpc) is 3.20. The monoisotopic (exact) mass is 564 g/mol. The van der Waals surface area contributed by atoms with Gasteiger partial charge in [-0.25, -0.2) is 9.98 Å². The molecule has 9 heteroatoms. The van der Waals surface area contributed by atoms with Crippen LogP contribution in [0.4, 0.5) is 0 Å². The SMILES string of the molecule is CCNC(=NCc1ccnc(Oc2ccc(C)c(C)c2)c1)NCC(C)(O)c1cnn(C)c1.I. The number of rotatable bonds is 8. The summed E-state index contributed by atoms with van der Waals surface area (Å²) in [7, 11) is 1.82. The second-order valence-corrected chi connectivity index (χ2v) is 8.08. The molecule has 2 heterocycles. The number of aromatic nitrogens is 3. The molecule has 2 aromatic heterocycles. The zero-order valence-corrected chi connectivity index (χ0v) is 22.1. The molecule has 0 aliphatic carbocycles. The van der Waals surface area contributed by atoms with E-state index in [1.165, 1.54) is 11.1 Å². The summed E-state index contributed by atoms with van der Waals surface area (Å²) in [6.45, 7) is 9.32. The standard InChI is InChI=1S/C24H32N6O2.HI/c1-6-25-23(28-16-24(4,31)20-14-29-30(5)15-20)27-13-19-9-10-26-22(12-19)32-21-8-7-17(2)18(3)11-21;/h7-12,14-15,31H,6,13,16H2,1-5H3,(H2,25,27,28);1H. The molecule has 0 spiro atoms. The predicted octanol–water partition coefficient (Wildman–Crippen LogP) is 3.81. The highest BCUT2D eigenvalue weighted by atomic mass is 127. The average molecular weight is 564 g/mol. The molecule has 3 rings (SSSR count). The number of pyridine rings is 1. The highest BCUT2D eigenvalue weighted by Crippen LogP contribution is 2.23. The first-order valence-corrected chi connectivity index (χ1v) is 10.7. The van der Waals surface area contributed by atoms with Gasteiger partial charge in [-0.3, -0.25) is 4.68 Å². The van der Waals surface area contributed by atoms with E-state index in [0.717, 1.165) is 16.9 Å². The highest BCUT2D eigenvalue weighted by Gasteiger charge is 2.25. The minimum Gasteiger partial charge on any atom is -0.439 e. The van der Waals surface area contributed by atoms with Gasteiger partial charge in [0.2, 0.25) is 5.88 Å². The highest BCUT2D eigenvalue weighted by molar-refractivity contribution is 14.0. The van der Waals surface area contributed by atoms with E-state index in [-0.39, 0.29) is 24.0 Å². The minimum atomic E-state index is -1.08. The fourth-order valence-electron chi connectivity index (χ4n) is 3.07. The lowest BCUT2D eigenvalue weighted by molar-refractivity contribution is 0.0616. The molecule has 0 bridgehead atoms.